The fourth-order valence-electron chi connectivity index (χ4n) is 2.93. The Balaban J connectivity index is 1.71. The van der Waals surface area contributed by atoms with E-state index in [1.807, 2.05) is 0 Å². The first-order chi connectivity index (χ1) is 14.6. The lowest BCUT2D eigenvalue weighted by atomic mass is 10.0. The van der Waals surface area contributed by atoms with Crippen LogP contribution in [-0.2, 0) is 9.84 Å². The standard InChI is InChI=1S/C20H13FN2O6S2/c1-31(27,28)10-6-7-11(13(21)8-10)12-9-30-19(16(12)20(25)26)23-17(24)18-22-14-4-2-3-5-15(14)29-18/h2-9H,1H3,(H,23,24)(H,25,26). The predicted octanol–water partition coefficient (Wildman–Crippen LogP) is 4.05. The predicted molar refractivity (Wildman–Crippen MR) is 112 cm³/mol. The van der Waals surface area contributed by atoms with Crippen molar-refractivity contribution in [1.29, 1.82) is 0 Å². The molecule has 0 radical (unpaired) electrons. The summed E-state index contributed by atoms with van der Waals surface area (Å²) in [6.07, 6.45) is 0.939. The van der Waals surface area contributed by atoms with E-state index in [1.165, 1.54) is 17.5 Å². The Morgan fingerprint density at radius 3 is 2.55 bits per heavy atom. The number of carboxylic acids is 1. The first-order valence-corrected chi connectivity index (χ1v) is 11.4. The van der Waals surface area contributed by atoms with Crippen LogP contribution in [0.5, 0.6) is 0 Å². The summed E-state index contributed by atoms with van der Waals surface area (Å²) >= 11 is 0.881. The Kier molecular flexibility index (Phi) is 5.07. The first kappa shape index (κ1) is 20.7. The van der Waals surface area contributed by atoms with Gasteiger partial charge in [-0.3, -0.25) is 4.79 Å². The van der Waals surface area contributed by atoms with Crippen LogP contribution in [0.15, 0.2) is 57.2 Å². The largest absolute Gasteiger partial charge is 0.478 e. The molecule has 11 heteroatoms. The molecule has 2 aromatic heterocycles. The highest BCUT2D eigenvalue weighted by atomic mass is 32.2. The van der Waals surface area contributed by atoms with Crippen LogP contribution in [0.3, 0.4) is 0 Å². The van der Waals surface area contributed by atoms with Crippen LogP contribution >= 0.6 is 11.3 Å². The number of sulfone groups is 1. The number of nitrogens with one attached hydrogen (secondary N) is 1. The molecule has 0 unspecified atom stereocenters. The molecule has 2 aromatic carbocycles. The Morgan fingerprint density at radius 1 is 1.16 bits per heavy atom. The highest BCUT2D eigenvalue weighted by molar-refractivity contribution is 7.90. The molecule has 0 aliphatic carbocycles. The summed E-state index contributed by atoms with van der Waals surface area (Å²) in [4.78, 5) is 28.2. The Hall–Kier alpha value is -3.57. The first-order valence-electron chi connectivity index (χ1n) is 8.67. The number of halogens is 1. The molecule has 4 aromatic rings. The van der Waals surface area contributed by atoms with Gasteiger partial charge in [0.15, 0.2) is 15.4 Å². The van der Waals surface area contributed by atoms with Gasteiger partial charge in [0.25, 0.3) is 5.89 Å². The molecule has 0 bridgehead atoms. The van der Waals surface area contributed by atoms with E-state index in [2.05, 4.69) is 10.3 Å². The zero-order chi connectivity index (χ0) is 22.3. The summed E-state index contributed by atoms with van der Waals surface area (Å²) in [5.41, 5.74) is 0.420. The van der Waals surface area contributed by atoms with Gasteiger partial charge >= 0.3 is 11.9 Å². The summed E-state index contributed by atoms with van der Waals surface area (Å²) in [5.74, 6) is -3.31. The smallest absolute Gasteiger partial charge is 0.339 e. The lowest BCUT2D eigenvalue weighted by Crippen LogP contribution is -2.14. The number of carboxylic acid groups (broad SMARTS) is 1. The zero-order valence-corrected chi connectivity index (χ0v) is 17.4. The average molecular weight is 460 g/mol. The number of amides is 1. The lowest BCUT2D eigenvalue weighted by Gasteiger charge is -2.07. The number of carbonyl (C=O) groups excluding carboxylic acids is 1. The van der Waals surface area contributed by atoms with Gasteiger partial charge in [0.05, 0.1) is 4.90 Å². The maximum Gasteiger partial charge on any atom is 0.339 e. The van der Waals surface area contributed by atoms with Crippen LogP contribution in [0.25, 0.3) is 22.2 Å². The van der Waals surface area contributed by atoms with Crippen molar-refractivity contribution in [3.63, 3.8) is 0 Å². The lowest BCUT2D eigenvalue weighted by molar-refractivity contribution is 0.0699. The molecule has 2 N–H and O–H groups in total. The topological polar surface area (TPSA) is 127 Å². The minimum absolute atomic E-state index is 0.00270. The molecule has 0 aliphatic heterocycles. The van der Waals surface area contributed by atoms with Crippen LogP contribution in [0.4, 0.5) is 9.39 Å². The number of anilines is 1. The molecule has 0 fully saturated rings. The van der Waals surface area contributed by atoms with Gasteiger partial charge in [-0.15, -0.1) is 11.3 Å². The normalized spacial score (nSPS) is 11.5. The van der Waals surface area contributed by atoms with Crippen LogP contribution in [0, 0.1) is 5.82 Å². The number of hydrogen-bond donors (Lipinski definition) is 2. The summed E-state index contributed by atoms with van der Waals surface area (Å²) in [7, 11) is -3.63. The van der Waals surface area contributed by atoms with Gasteiger partial charge in [-0.05, 0) is 24.3 Å². The average Bonchev–Trinajstić information content (AvgIpc) is 3.31. The number of rotatable bonds is 5. The molecule has 0 saturated carbocycles. The Labute approximate surface area is 178 Å². The van der Waals surface area contributed by atoms with E-state index in [0.29, 0.717) is 11.1 Å². The second-order valence-corrected chi connectivity index (χ2v) is 9.41. The van der Waals surface area contributed by atoms with Crippen molar-refractivity contribution in [2.24, 2.45) is 0 Å². The second-order valence-electron chi connectivity index (χ2n) is 6.51. The SMILES string of the molecule is CS(=O)(=O)c1ccc(-c2csc(NC(=O)c3nc4ccccc4o3)c2C(=O)O)c(F)c1. The summed E-state index contributed by atoms with van der Waals surface area (Å²) in [5, 5.41) is 13.4. The second kappa shape index (κ2) is 7.60. The minimum Gasteiger partial charge on any atom is -0.478 e. The number of carbonyl (C=O) groups is 2. The van der Waals surface area contributed by atoms with Crippen LogP contribution in [0.2, 0.25) is 0 Å². The van der Waals surface area contributed by atoms with E-state index >= 15 is 0 Å². The van der Waals surface area contributed by atoms with Gasteiger partial charge in [-0.2, -0.15) is 0 Å². The van der Waals surface area contributed by atoms with Crippen molar-refractivity contribution < 1.29 is 31.9 Å². The quantitative estimate of drug-likeness (QED) is 0.460. The molecule has 4 rings (SSSR count). The molecule has 0 atom stereocenters. The molecular weight excluding hydrogens is 447 g/mol. The fourth-order valence-corrected chi connectivity index (χ4v) is 4.51. The summed E-state index contributed by atoms with van der Waals surface area (Å²) in [6, 6.07) is 9.93. The molecule has 31 heavy (non-hydrogen) atoms. The van der Waals surface area contributed by atoms with Gasteiger partial charge in [0, 0.05) is 22.8 Å². The Bertz CT molecular complexity index is 1420. The molecule has 8 nitrogen and oxygen atoms in total. The number of benzene rings is 2. The zero-order valence-electron chi connectivity index (χ0n) is 15.7. The number of aromatic nitrogens is 1. The van der Waals surface area contributed by atoms with E-state index in [1.54, 1.807) is 24.3 Å². The highest BCUT2D eigenvalue weighted by Crippen LogP contribution is 2.37. The number of fused-ring (bicyclic) bond motifs is 1. The molecular formula is C20H13FN2O6S2. The van der Waals surface area contributed by atoms with Crippen molar-refractivity contribution in [3.05, 3.63) is 65.1 Å². The van der Waals surface area contributed by atoms with Crippen molar-refractivity contribution in [1.82, 2.24) is 4.98 Å². The summed E-state index contributed by atoms with van der Waals surface area (Å²) < 4.78 is 43.2. The third kappa shape index (κ3) is 3.92. The molecule has 1 amide bonds. The van der Waals surface area contributed by atoms with Gasteiger partial charge in [0.2, 0.25) is 0 Å². The van der Waals surface area contributed by atoms with Gasteiger partial charge in [0.1, 0.15) is 21.9 Å². The number of thiophene rings is 1. The van der Waals surface area contributed by atoms with E-state index in [0.717, 1.165) is 23.7 Å². The van der Waals surface area contributed by atoms with E-state index in [9.17, 15) is 27.5 Å². The molecule has 0 aliphatic rings. The van der Waals surface area contributed by atoms with Crippen molar-refractivity contribution in [2.75, 3.05) is 11.6 Å². The van der Waals surface area contributed by atoms with Crippen LogP contribution in [0.1, 0.15) is 21.0 Å². The monoisotopic (exact) mass is 460 g/mol. The number of aromatic carboxylic acids is 1. The molecule has 158 valence electrons. The van der Waals surface area contributed by atoms with Crippen molar-refractivity contribution in [3.8, 4) is 11.1 Å². The summed E-state index contributed by atoms with van der Waals surface area (Å²) in [6.45, 7) is 0. The third-order valence-electron chi connectivity index (χ3n) is 4.38. The van der Waals surface area contributed by atoms with Crippen molar-refractivity contribution >= 4 is 49.2 Å². The van der Waals surface area contributed by atoms with Crippen molar-refractivity contribution in [2.45, 2.75) is 4.90 Å². The molecule has 2 heterocycles. The number of oxazole rings is 1. The maximum absolute atomic E-state index is 14.6. The fraction of sp³-hybridized carbons (Fsp3) is 0.0500. The molecule has 0 spiro atoms. The van der Waals surface area contributed by atoms with Gasteiger partial charge in [-0.25, -0.2) is 22.6 Å². The van der Waals surface area contributed by atoms with Crippen LogP contribution in [-0.4, -0.2) is 36.6 Å². The van der Waals surface area contributed by atoms with Gasteiger partial charge in [-0.1, -0.05) is 18.2 Å². The number of para-hydroxylation sites is 2. The van der Waals surface area contributed by atoms with E-state index < -0.39 is 27.5 Å². The maximum atomic E-state index is 14.6. The number of hydrogen-bond acceptors (Lipinski definition) is 7. The highest BCUT2D eigenvalue weighted by Gasteiger charge is 2.25. The van der Waals surface area contributed by atoms with E-state index in [-0.39, 0.29) is 32.5 Å². The minimum atomic E-state index is -3.63. The van der Waals surface area contributed by atoms with Gasteiger partial charge < -0.3 is 14.8 Å². The number of nitrogens with zero attached hydrogens (tertiary/aromatic N) is 1. The molecule has 0 saturated heterocycles. The third-order valence-corrected chi connectivity index (χ3v) is 6.38. The van der Waals surface area contributed by atoms with Crippen LogP contribution < -0.4 is 5.32 Å². The van der Waals surface area contributed by atoms with E-state index in [4.69, 9.17) is 4.42 Å². The Morgan fingerprint density at radius 2 is 1.90 bits per heavy atom.